The van der Waals surface area contributed by atoms with E-state index in [1.165, 1.54) is 60.7 Å². The molecule has 1 saturated heterocycles. The van der Waals surface area contributed by atoms with Crippen molar-refractivity contribution in [3.05, 3.63) is 65.1 Å². The lowest BCUT2D eigenvalue weighted by atomic mass is 9.82. The molecule has 0 amide bonds. The van der Waals surface area contributed by atoms with E-state index in [1.807, 2.05) is 19.1 Å². The molecule has 1 aromatic heterocycles. The summed E-state index contributed by atoms with van der Waals surface area (Å²) in [6, 6.07) is 14.4. The highest BCUT2D eigenvalue weighted by Gasteiger charge is 2.28. The first-order valence-corrected chi connectivity index (χ1v) is 11.7. The maximum absolute atomic E-state index is 14.1. The van der Waals surface area contributed by atoms with Gasteiger partial charge in [-0.1, -0.05) is 50.3 Å². The summed E-state index contributed by atoms with van der Waals surface area (Å²) >= 11 is 0. The van der Waals surface area contributed by atoms with Gasteiger partial charge in [0.25, 0.3) is 0 Å². The summed E-state index contributed by atoms with van der Waals surface area (Å²) in [5, 5.41) is 1.38. The predicted molar refractivity (Wildman–Crippen MR) is 121 cm³/mol. The van der Waals surface area contributed by atoms with E-state index in [0.29, 0.717) is 11.5 Å². The van der Waals surface area contributed by atoms with E-state index in [9.17, 15) is 4.39 Å². The van der Waals surface area contributed by atoms with E-state index in [0.717, 1.165) is 37.7 Å². The number of aromatic nitrogens is 1. The van der Waals surface area contributed by atoms with E-state index in [-0.39, 0.29) is 5.82 Å². The smallest absolute Gasteiger partial charge is 0.126 e. The number of rotatable bonds is 4. The number of para-hydroxylation sites is 1. The fourth-order valence-corrected chi connectivity index (χ4v) is 5.67. The molecular formula is C27H32FNO. The van der Waals surface area contributed by atoms with Crippen molar-refractivity contribution in [3.63, 3.8) is 0 Å². The summed E-state index contributed by atoms with van der Waals surface area (Å²) in [6.45, 7) is 3.52. The molecule has 2 aliphatic rings. The first-order valence-electron chi connectivity index (χ1n) is 11.7. The van der Waals surface area contributed by atoms with Gasteiger partial charge in [0, 0.05) is 35.9 Å². The summed E-state index contributed by atoms with van der Waals surface area (Å²) in [6.07, 6.45) is 10.1. The van der Waals surface area contributed by atoms with E-state index in [1.54, 1.807) is 6.07 Å². The number of benzene rings is 2. The van der Waals surface area contributed by atoms with Gasteiger partial charge in [0.2, 0.25) is 0 Å². The number of hydrogen-bond acceptors (Lipinski definition) is 1. The Balaban J connectivity index is 1.71. The highest BCUT2D eigenvalue weighted by Crippen LogP contribution is 2.41. The fraction of sp³-hybridized carbons (Fsp3) is 0.481. The highest BCUT2D eigenvalue weighted by atomic mass is 19.1. The average Bonchev–Trinajstić information content (AvgIpc) is 3.11. The number of fused-ring (bicyclic) bond motifs is 1. The van der Waals surface area contributed by atoms with Crippen LogP contribution in [-0.4, -0.2) is 17.8 Å². The summed E-state index contributed by atoms with van der Waals surface area (Å²) < 4.78 is 22.2. The normalized spacial score (nSPS) is 18.9. The second-order valence-electron chi connectivity index (χ2n) is 9.24. The minimum atomic E-state index is -0.134. The van der Waals surface area contributed by atoms with Gasteiger partial charge in [-0.15, -0.1) is 0 Å². The number of ether oxygens (including phenoxy) is 1. The Hall–Kier alpha value is -2.13. The molecule has 3 aromatic rings. The van der Waals surface area contributed by atoms with E-state index in [4.69, 9.17) is 4.74 Å². The molecule has 0 bridgehead atoms. The molecule has 2 aromatic carbocycles. The molecule has 0 N–H and O–H groups in total. The number of nitrogens with zero attached hydrogens (tertiary/aromatic N) is 1. The average molecular weight is 406 g/mol. The molecule has 5 rings (SSSR count). The van der Waals surface area contributed by atoms with Crippen LogP contribution in [-0.2, 0) is 11.2 Å². The zero-order valence-corrected chi connectivity index (χ0v) is 18.0. The van der Waals surface area contributed by atoms with Crippen LogP contribution in [0.2, 0.25) is 0 Å². The first-order chi connectivity index (χ1) is 14.7. The molecular weight excluding hydrogens is 373 g/mol. The summed E-state index contributed by atoms with van der Waals surface area (Å²) in [5.41, 5.74) is 6.04. The van der Waals surface area contributed by atoms with Crippen LogP contribution in [0.25, 0.3) is 16.6 Å². The second kappa shape index (κ2) is 8.55. The number of halogens is 1. The zero-order chi connectivity index (χ0) is 20.5. The Morgan fingerprint density at radius 1 is 0.967 bits per heavy atom. The van der Waals surface area contributed by atoms with Crippen LogP contribution in [0, 0.1) is 18.7 Å². The molecule has 1 aliphatic carbocycles. The van der Waals surface area contributed by atoms with Gasteiger partial charge in [-0.3, -0.25) is 0 Å². The van der Waals surface area contributed by atoms with Gasteiger partial charge in [-0.25, -0.2) is 4.39 Å². The predicted octanol–water partition coefficient (Wildman–Crippen LogP) is 7.09. The molecule has 0 atom stereocenters. The minimum absolute atomic E-state index is 0.134. The number of aryl methyl sites for hydroxylation is 1. The molecule has 1 saturated carbocycles. The Morgan fingerprint density at radius 3 is 2.50 bits per heavy atom. The molecule has 1 aliphatic heterocycles. The molecule has 0 unspecified atom stereocenters. The molecule has 30 heavy (non-hydrogen) atoms. The van der Waals surface area contributed by atoms with Crippen LogP contribution in [0.3, 0.4) is 0 Å². The van der Waals surface area contributed by atoms with Gasteiger partial charge >= 0.3 is 0 Å². The Labute approximate surface area is 179 Å². The van der Waals surface area contributed by atoms with Gasteiger partial charge in [-0.2, -0.15) is 0 Å². The van der Waals surface area contributed by atoms with Crippen LogP contribution in [0.4, 0.5) is 4.39 Å². The van der Waals surface area contributed by atoms with Gasteiger partial charge in [0.15, 0.2) is 0 Å². The van der Waals surface area contributed by atoms with Crippen LogP contribution >= 0.6 is 0 Å². The first kappa shape index (κ1) is 19.8. The highest BCUT2D eigenvalue weighted by molar-refractivity contribution is 5.87. The standard InChI is InChI=1S/C27H32FNO/c1-19-17-22(11-12-25(19)28)29-26-10-6-5-9-23(26)24(18-20-7-3-2-4-8-20)27(29)21-13-15-30-16-14-21/h5-6,9-12,17,20-21H,2-4,7-8,13-16,18H2,1H3. The number of hydrogen-bond donors (Lipinski definition) is 0. The van der Waals surface area contributed by atoms with Crippen molar-refractivity contribution in [2.45, 2.75) is 64.2 Å². The third-order valence-electron chi connectivity index (χ3n) is 7.25. The lowest BCUT2D eigenvalue weighted by Crippen LogP contribution is -2.19. The Morgan fingerprint density at radius 2 is 1.73 bits per heavy atom. The van der Waals surface area contributed by atoms with Crippen molar-refractivity contribution < 1.29 is 9.13 Å². The molecule has 2 fully saturated rings. The molecule has 0 radical (unpaired) electrons. The maximum atomic E-state index is 14.1. The molecule has 2 heterocycles. The minimum Gasteiger partial charge on any atom is -0.381 e. The lowest BCUT2D eigenvalue weighted by molar-refractivity contribution is 0.0840. The lowest BCUT2D eigenvalue weighted by Gasteiger charge is -2.27. The van der Waals surface area contributed by atoms with Gasteiger partial charge in [0.1, 0.15) is 5.82 Å². The van der Waals surface area contributed by atoms with Crippen LogP contribution < -0.4 is 0 Å². The molecule has 158 valence electrons. The largest absolute Gasteiger partial charge is 0.381 e. The van der Waals surface area contributed by atoms with E-state index in [2.05, 4.69) is 28.8 Å². The van der Waals surface area contributed by atoms with E-state index >= 15 is 0 Å². The van der Waals surface area contributed by atoms with Crippen molar-refractivity contribution in [3.8, 4) is 5.69 Å². The van der Waals surface area contributed by atoms with Gasteiger partial charge in [0.05, 0.1) is 5.52 Å². The third-order valence-corrected chi connectivity index (χ3v) is 7.25. The summed E-state index contributed by atoms with van der Waals surface area (Å²) in [4.78, 5) is 0. The van der Waals surface area contributed by atoms with Gasteiger partial charge in [-0.05, 0) is 67.5 Å². The van der Waals surface area contributed by atoms with Crippen molar-refractivity contribution in [1.29, 1.82) is 0 Å². The van der Waals surface area contributed by atoms with Crippen molar-refractivity contribution in [2.24, 2.45) is 5.92 Å². The van der Waals surface area contributed by atoms with Crippen LogP contribution in [0.5, 0.6) is 0 Å². The quantitative estimate of drug-likeness (QED) is 0.452. The topological polar surface area (TPSA) is 14.2 Å². The molecule has 3 heteroatoms. The molecule has 2 nitrogen and oxygen atoms in total. The fourth-order valence-electron chi connectivity index (χ4n) is 5.67. The SMILES string of the molecule is Cc1cc(-n2c(C3CCOCC3)c(CC3CCCCC3)c3ccccc32)ccc1F. The van der Waals surface area contributed by atoms with Crippen LogP contribution in [0.1, 0.15) is 67.7 Å². The summed E-state index contributed by atoms with van der Waals surface area (Å²) in [7, 11) is 0. The third kappa shape index (κ3) is 3.69. The second-order valence-corrected chi connectivity index (χ2v) is 9.24. The Bertz CT molecular complexity index is 1020. The zero-order valence-electron chi connectivity index (χ0n) is 18.0. The van der Waals surface area contributed by atoms with Crippen molar-refractivity contribution in [1.82, 2.24) is 4.57 Å². The summed E-state index contributed by atoms with van der Waals surface area (Å²) in [5.74, 6) is 1.15. The van der Waals surface area contributed by atoms with Crippen molar-refractivity contribution >= 4 is 10.9 Å². The Kier molecular flexibility index (Phi) is 5.64. The molecule has 0 spiro atoms. The monoisotopic (exact) mass is 405 g/mol. The van der Waals surface area contributed by atoms with E-state index < -0.39 is 0 Å². The van der Waals surface area contributed by atoms with Gasteiger partial charge < -0.3 is 9.30 Å². The van der Waals surface area contributed by atoms with Crippen LogP contribution in [0.15, 0.2) is 42.5 Å². The maximum Gasteiger partial charge on any atom is 0.126 e. The van der Waals surface area contributed by atoms with Crippen molar-refractivity contribution in [2.75, 3.05) is 13.2 Å².